The Morgan fingerprint density at radius 1 is 1.24 bits per heavy atom. The molecule has 1 rings (SSSR count). The Labute approximate surface area is 107 Å². The first kappa shape index (κ1) is 14.3. The predicted octanol–water partition coefficient (Wildman–Crippen LogP) is 1.89. The summed E-state index contributed by atoms with van der Waals surface area (Å²) in [6, 6.07) is 7.32. The van der Waals surface area contributed by atoms with Gasteiger partial charge >= 0.3 is 0 Å². The number of hydrogen-bond donors (Lipinski definition) is 2. The number of sulfonamides is 1. The van der Waals surface area contributed by atoms with Crippen LogP contribution >= 0.6 is 11.8 Å². The molecule has 6 heteroatoms. The molecule has 0 amide bonds. The Hall–Kier alpha value is -0.720. The van der Waals surface area contributed by atoms with Crippen LogP contribution in [0.5, 0.6) is 0 Å². The molecule has 0 aromatic heterocycles. The molecule has 1 aromatic carbocycles. The predicted molar refractivity (Wildman–Crippen MR) is 73.9 cm³/mol. The summed E-state index contributed by atoms with van der Waals surface area (Å²) in [6.07, 6.45) is 3.30. The minimum atomic E-state index is -3.24. The van der Waals surface area contributed by atoms with Crippen LogP contribution in [-0.2, 0) is 10.0 Å². The first-order valence-corrected chi connectivity index (χ1v) is 8.30. The zero-order chi connectivity index (χ0) is 12.7. The molecule has 96 valence electrons. The molecule has 0 saturated carbocycles. The zero-order valence-corrected chi connectivity index (χ0v) is 11.5. The van der Waals surface area contributed by atoms with E-state index in [0.29, 0.717) is 18.7 Å². The van der Waals surface area contributed by atoms with Gasteiger partial charge in [0.05, 0.1) is 5.75 Å². The van der Waals surface area contributed by atoms with E-state index in [0.717, 1.165) is 11.3 Å². The highest BCUT2D eigenvalue weighted by Crippen LogP contribution is 2.18. The minimum absolute atomic E-state index is 0.120. The van der Waals surface area contributed by atoms with Gasteiger partial charge in [-0.05, 0) is 49.9 Å². The fraction of sp³-hybridized carbons (Fsp3) is 0.455. The number of hydrogen-bond acceptors (Lipinski definition) is 4. The number of thioether (sulfide) groups is 1. The normalized spacial score (nSPS) is 11.4. The molecule has 0 aliphatic rings. The lowest BCUT2D eigenvalue weighted by Crippen LogP contribution is -2.17. The third-order valence-electron chi connectivity index (χ3n) is 2.23. The third-order valence-corrected chi connectivity index (χ3v) is 4.35. The van der Waals surface area contributed by atoms with Crippen LogP contribution in [0, 0.1) is 0 Å². The molecule has 1 aromatic rings. The minimum Gasteiger partial charge on any atom is -0.330 e. The number of anilines is 1. The van der Waals surface area contributed by atoms with E-state index in [1.54, 1.807) is 23.9 Å². The highest BCUT2D eigenvalue weighted by Gasteiger charge is 2.09. The molecule has 0 aliphatic carbocycles. The van der Waals surface area contributed by atoms with Crippen molar-refractivity contribution in [3.63, 3.8) is 0 Å². The van der Waals surface area contributed by atoms with Crippen LogP contribution in [0.2, 0.25) is 0 Å². The van der Waals surface area contributed by atoms with E-state index < -0.39 is 10.0 Å². The fourth-order valence-corrected chi connectivity index (χ4v) is 2.92. The summed E-state index contributed by atoms with van der Waals surface area (Å²) in [5, 5.41) is 0. The quantitative estimate of drug-likeness (QED) is 0.588. The first-order valence-electron chi connectivity index (χ1n) is 5.42. The van der Waals surface area contributed by atoms with Gasteiger partial charge in [-0.1, -0.05) is 0 Å². The molecule has 0 fully saturated rings. The van der Waals surface area contributed by atoms with Gasteiger partial charge in [-0.25, -0.2) is 8.42 Å². The van der Waals surface area contributed by atoms with Gasteiger partial charge in [-0.15, -0.1) is 11.8 Å². The maximum Gasteiger partial charge on any atom is 0.232 e. The van der Waals surface area contributed by atoms with Gasteiger partial charge in [0.2, 0.25) is 10.0 Å². The fourth-order valence-electron chi connectivity index (χ4n) is 1.33. The van der Waals surface area contributed by atoms with Gasteiger partial charge in [-0.2, -0.15) is 0 Å². The van der Waals surface area contributed by atoms with E-state index in [1.807, 2.05) is 18.4 Å². The average molecular weight is 274 g/mol. The summed E-state index contributed by atoms with van der Waals surface area (Å²) >= 11 is 1.62. The average Bonchev–Trinajstić information content (AvgIpc) is 2.30. The standard InChI is InChI=1S/C11H18N2O2S2/c1-16-11-6-4-10(5-7-11)13-17(14,15)9-3-2-8-12/h4-7,13H,2-3,8-9,12H2,1H3. The summed E-state index contributed by atoms with van der Waals surface area (Å²) in [5.74, 6) is 0.120. The number of unbranched alkanes of at least 4 members (excludes halogenated alkanes) is 1. The topological polar surface area (TPSA) is 72.2 Å². The molecule has 0 bridgehead atoms. The van der Waals surface area contributed by atoms with Gasteiger partial charge in [0.1, 0.15) is 0 Å². The highest BCUT2D eigenvalue weighted by atomic mass is 32.2. The van der Waals surface area contributed by atoms with Gasteiger partial charge in [-0.3, -0.25) is 4.72 Å². The summed E-state index contributed by atoms with van der Waals surface area (Å²) in [4.78, 5) is 1.11. The number of benzene rings is 1. The van der Waals surface area contributed by atoms with Gasteiger partial charge in [0.15, 0.2) is 0 Å². The van der Waals surface area contributed by atoms with Crippen LogP contribution < -0.4 is 10.5 Å². The maximum absolute atomic E-state index is 11.7. The lowest BCUT2D eigenvalue weighted by Gasteiger charge is -2.08. The molecule has 4 nitrogen and oxygen atoms in total. The van der Waals surface area contributed by atoms with E-state index >= 15 is 0 Å². The molecule has 0 unspecified atom stereocenters. The lowest BCUT2D eigenvalue weighted by atomic mass is 10.3. The van der Waals surface area contributed by atoms with E-state index in [9.17, 15) is 8.42 Å². The van der Waals surface area contributed by atoms with Crippen molar-refractivity contribution in [1.29, 1.82) is 0 Å². The molecule has 17 heavy (non-hydrogen) atoms. The van der Waals surface area contributed by atoms with Crippen molar-refractivity contribution in [1.82, 2.24) is 0 Å². The van der Waals surface area contributed by atoms with Crippen LogP contribution in [0.25, 0.3) is 0 Å². The van der Waals surface area contributed by atoms with Gasteiger partial charge in [0, 0.05) is 10.6 Å². The summed E-state index contributed by atoms with van der Waals surface area (Å²) in [7, 11) is -3.24. The van der Waals surface area contributed by atoms with E-state index in [4.69, 9.17) is 5.73 Å². The molecular weight excluding hydrogens is 256 g/mol. The summed E-state index contributed by atoms with van der Waals surface area (Å²) in [6.45, 7) is 0.526. The second-order valence-electron chi connectivity index (χ2n) is 3.65. The van der Waals surface area contributed by atoms with Crippen molar-refractivity contribution in [3.8, 4) is 0 Å². The second-order valence-corrected chi connectivity index (χ2v) is 6.37. The largest absolute Gasteiger partial charge is 0.330 e. The Kier molecular flexibility index (Phi) is 5.80. The van der Waals surface area contributed by atoms with Gasteiger partial charge < -0.3 is 5.73 Å². The Morgan fingerprint density at radius 2 is 1.88 bits per heavy atom. The molecule has 0 radical (unpaired) electrons. The Morgan fingerprint density at radius 3 is 2.41 bits per heavy atom. The number of rotatable bonds is 7. The molecule has 3 N–H and O–H groups in total. The van der Waals surface area contributed by atoms with E-state index in [-0.39, 0.29) is 5.75 Å². The van der Waals surface area contributed by atoms with Crippen LogP contribution in [0.15, 0.2) is 29.2 Å². The summed E-state index contributed by atoms with van der Waals surface area (Å²) < 4.78 is 25.9. The Balaban J connectivity index is 2.56. The van der Waals surface area contributed by atoms with E-state index in [2.05, 4.69) is 4.72 Å². The summed E-state index contributed by atoms with van der Waals surface area (Å²) in [5.41, 5.74) is 5.93. The van der Waals surface area contributed by atoms with E-state index in [1.165, 1.54) is 0 Å². The Bertz CT molecular complexity index is 429. The molecule has 0 spiro atoms. The van der Waals surface area contributed by atoms with Crippen molar-refractivity contribution in [2.75, 3.05) is 23.3 Å². The van der Waals surface area contributed by atoms with Crippen molar-refractivity contribution < 1.29 is 8.42 Å². The maximum atomic E-state index is 11.7. The van der Waals surface area contributed by atoms with Crippen molar-refractivity contribution in [2.24, 2.45) is 5.73 Å². The zero-order valence-electron chi connectivity index (χ0n) is 9.85. The SMILES string of the molecule is CSc1ccc(NS(=O)(=O)CCCCN)cc1. The van der Waals surface area contributed by atoms with Gasteiger partial charge in [0.25, 0.3) is 0 Å². The first-order chi connectivity index (χ1) is 8.07. The molecular formula is C11H18N2O2S2. The third kappa shape index (κ3) is 5.43. The lowest BCUT2D eigenvalue weighted by molar-refractivity contribution is 0.597. The van der Waals surface area contributed by atoms with Crippen molar-refractivity contribution >= 4 is 27.5 Å². The molecule has 0 saturated heterocycles. The van der Waals surface area contributed by atoms with Crippen LogP contribution in [0.1, 0.15) is 12.8 Å². The van der Waals surface area contributed by atoms with Crippen molar-refractivity contribution in [2.45, 2.75) is 17.7 Å². The second kappa shape index (κ2) is 6.88. The number of nitrogens with two attached hydrogens (primary N) is 1. The molecule has 0 atom stereocenters. The van der Waals surface area contributed by atoms with Crippen LogP contribution in [0.4, 0.5) is 5.69 Å². The molecule has 0 aliphatic heterocycles. The highest BCUT2D eigenvalue weighted by molar-refractivity contribution is 7.98. The van der Waals surface area contributed by atoms with Crippen molar-refractivity contribution in [3.05, 3.63) is 24.3 Å². The van der Waals surface area contributed by atoms with Crippen LogP contribution in [0.3, 0.4) is 0 Å². The molecule has 0 heterocycles. The number of nitrogens with one attached hydrogen (secondary N) is 1. The van der Waals surface area contributed by atoms with Crippen LogP contribution in [-0.4, -0.2) is 27.0 Å². The monoisotopic (exact) mass is 274 g/mol. The smallest absolute Gasteiger partial charge is 0.232 e.